The molecule has 0 spiro atoms. The molecule has 0 aromatic heterocycles. The first kappa shape index (κ1) is 12.5. The van der Waals surface area contributed by atoms with E-state index in [0.29, 0.717) is 6.54 Å². The van der Waals surface area contributed by atoms with E-state index < -0.39 is 5.92 Å². The second kappa shape index (κ2) is 6.93. The lowest BCUT2D eigenvalue weighted by atomic mass is 10.4. The lowest BCUT2D eigenvalue weighted by Gasteiger charge is -2.08. The Morgan fingerprint density at radius 1 is 1.30 bits per heavy atom. The van der Waals surface area contributed by atoms with Crippen molar-refractivity contribution in [1.82, 2.24) is 5.32 Å². The smallest absolute Gasteiger partial charge is 0.257 e. The molecule has 0 aliphatic rings. The third kappa shape index (κ3) is 15.7. The molecule has 0 unspecified atom stereocenters. The van der Waals surface area contributed by atoms with Gasteiger partial charge in [0.05, 0.1) is 6.54 Å². The maximum atomic E-state index is 11.8. The predicted octanol–water partition coefficient (Wildman–Crippen LogP) is 2.28. The van der Waals surface area contributed by atoms with Gasteiger partial charge in [0.2, 0.25) is 0 Å². The minimum atomic E-state index is -2.56. The quantitative estimate of drug-likeness (QED) is 0.656. The standard InChI is InChI=1S/C5H11F2N.C2H6/c1-3-8-4-5(2,6)7;1-2/h8H,3-4H2,1-2H3;1-2H3. The van der Waals surface area contributed by atoms with Gasteiger partial charge in [0, 0.05) is 6.92 Å². The Kier molecular flexibility index (Phi) is 8.66. The summed E-state index contributed by atoms with van der Waals surface area (Å²) in [6, 6.07) is 0. The van der Waals surface area contributed by atoms with Gasteiger partial charge in [0.15, 0.2) is 0 Å². The summed E-state index contributed by atoms with van der Waals surface area (Å²) >= 11 is 0. The van der Waals surface area contributed by atoms with Gasteiger partial charge in [-0.15, -0.1) is 0 Å². The second-order valence-electron chi connectivity index (χ2n) is 1.85. The molecule has 0 aromatic carbocycles. The summed E-state index contributed by atoms with van der Waals surface area (Å²) in [5.74, 6) is -2.56. The Labute approximate surface area is 61.8 Å². The van der Waals surface area contributed by atoms with Gasteiger partial charge in [0.25, 0.3) is 5.92 Å². The van der Waals surface area contributed by atoms with E-state index in [2.05, 4.69) is 5.32 Å². The zero-order valence-electron chi connectivity index (χ0n) is 7.17. The minimum Gasteiger partial charge on any atom is -0.311 e. The van der Waals surface area contributed by atoms with Crippen molar-refractivity contribution in [3.05, 3.63) is 0 Å². The van der Waals surface area contributed by atoms with Crippen LogP contribution in [0, 0.1) is 0 Å². The lowest BCUT2D eigenvalue weighted by molar-refractivity contribution is 0.0233. The average Bonchev–Trinajstić information content (AvgIpc) is 1.87. The molecule has 0 amide bonds. The third-order valence-electron chi connectivity index (χ3n) is 0.685. The van der Waals surface area contributed by atoms with Crippen molar-refractivity contribution in [3.63, 3.8) is 0 Å². The number of halogens is 2. The van der Waals surface area contributed by atoms with Gasteiger partial charge in [-0.2, -0.15) is 0 Å². The zero-order chi connectivity index (χ0) is 8.62. The van der Waals surface area contributed by atoms with Crippen molar-refractivity contribution < 1.29 is 8.78 Å². The molecule has 64 valence electrons. The van der Waals surface area contributed by atoms with Crippen molar-refractivity contribution >= 4 is 0 Å². The van der Waals surface area contributed by atoms with Crippen molar-refractivity contribution in [2.45, 2.75) is 33.6 Å². The normalized spacial score (nSPS) is 10.2. The fraction of sp³-hybridized carbons (Fsp3) is 1.00. The van der Waals surface area contributed by atoms with Crippen LogP contribution in [0.4, 0.5) is 8.78 Å². The highest BCUT2D eigenvalue weighted by atomic mass is 19.3. The van der Waals surface area contributed by atoms with Crippen LogP contribution in [0.25, 0.3) is 0 Å². The summed E-state index contributed by atoms with van der Waals surface area (Å²) in [7, 11) is 0. The Balaban J connectivity index is 0. The first-order chi connectivity index (χ1) is 4.56. The predicted molar refractivity (Wildman–Crippen MR) is 40.5 cm³/mol. The van der Waals surface area contributed by atoms with E-state index in [-0.39, 0.29) is 6.54 Å². The summed E-state index contributed by atoms with van der Waals surface area (Å²) in [5.41, 5.74) is 0. The molecule has 0 atom stereocenters. The Morgan fingerprint density at radius 2 is 1.70 bits per heavy atom. The van der Waals surface area contributed by atoms with Crippen molar-refractivity contribution in [3.8, 4) is 0 Å². The summed E-state index contributed by atoms with van der Waals surface area (Å²) in [6.07, 6.45) is 0. The summed E-state index contributed by atoms with van der Waals surface area (Å²) < 4.78 is 23.7. The summed E-state index contributed by atoms with van der Waals surface area (Å²) in [5, 5.41) is 2.54. The molecule has 0 saturated heterocycles. The Hall–Kier alpha value is -0.180. The summed E-state index contributed by atoms with van der Waals surface area (Å²) in [6.45, 7) is 7.08. The maximum Gasteiger partial charge on any atom is 0.257 e. The van der Waals surface area contributed by atoms with Gasteiger partial charge in [-0.25, -0.2) is 8.78 Å². The average molecular weight is 153 g/mol. The highest BCUT2D eigenvalue weighted by Gasteiger charge is 2.18. The van der Waals surface area contributed by atoms with Crippen LogP contribution in [-0.4, -0.2) is 19.0 Å². The van der Waals surface area contributed by atoms with Crippen LogP contribution in [0.5, 0.6) is 0 Å². The molecule has 0 bridgehead atoms. The molecule has 0 aliphatic heterocycles. The van der Waals surface area contributed by atoms with Gasteiger partial charge >= 0.3 is 0 Å². The molecule has 0 rings (SSSR count). The SMILES string of the molecule is CC.CCNCC(C)(F)F. The fourth-order valence-electron chi connectivity index (χ4n) is 0.344. The van der Waals surface area contributed by atoms with Crippen molar-refractivity contribution in [2.75, 3.05) is 13.1 Å². The molecule has 0 aromatic rings. The summed E-state index contributed by atoms with van der Waals surface area (Å²) in [4.78, 5) is 0. The van der Waals surface area contributed by atoms with E-state index >= 15 is 0 Å². The van der Waals surface area contributed by atoms with E-state index in [1.165, 1.54) is 0 Å². The monoisotopic (exact) mass is 153 g/mol. The van der Waals surface area contributed by atoms with Crippen molar-refractivity contribution in [1.29, 1.82) is 0 Å². The van der Waals surface area contributed by atoms with E-state index in [4.69, 9.17) is 0 Å². The topological polar surface area (TPSA) is 12.0 Å². The van der Waals surface area contributed by atoms with Gasteiger partial charge < -0.3 is 5.32 Å². The highest BCUT2D eigenvalue weighted by Crippen LogP contribution is 2.08. The van der Waals surface area contributed by atoms with E-state index in [9.17, 15) is 8.78 Å². The number of alkyl halides is 2. The minimum absolute atomic E-state index is 0.219. The van der Waals surface area contributed by atoms with Gasteiger partial charge in [-0.05, 0) is 6.54 Å². The number of nitrogens with one attached hydrogen (secondary N) is 1. The Bertz CT molecular complexity index is 59.1. The van der Waals surface area contributed by atoms with Crippen LogP contribution in [0.15, 0.2) is 0 Å². The van der Waals surface area contributed by atoms with E-state index in [0.717, 1.165) is 6.92 Å². The third-order valence-corrected chi connectivity index (χ3v) is 0.685. The number of hydrogen-bond acceptors (Lipinski definition) is 1. The molecule has 0 fully saturated rings. The lowest BCUT2D eigenvalue weighted by Crippen LogP contribution is -2.29. The first-order valence-corrected chi connectivity index (χ1v) is 3.65. The molecule has 0 radical (unpaired) electrons. The largest absolute Gasteiger partial charge is 0.311 e. The number of hydrogen-bond donors (Lipinski definition) is 1. The molecule has 1 N–H and O–H groups in total. The van der Waals surface area contributed by atoms with Crippen LogP contribution in [0.3, 0.4) is 0 Å². The van der Waals surface area contributed by atoms with Gasteiger partial charge in [-0.1, -0.05) is 20.8 Å². The zero-order valence-corrected chi connectivity index (χ0v) is 7.17. The molecule has 0 aliphatic carbocycles. The number of rotatable bonds is 3. The van der Waals surface area contributed by atoms with E-state index in [1.54, 1.807) is 6.92 Å². The van der Waals surface area contributed by atoms with Gasteiger partial charge in [-0.3, -0.25) is 0 Å². The molecule has 0 saturated carbocycles. The maximum absolute atomic E-state index is 11.8. The molecular weight excluding hydrogens is 136 g/mol. The molecule has 3 heteroatoms. The van der Waals surface area contributed by atoms with Crippen LogP contribution in [0.2, 0.25) is 0 Å². The molecular formula is C7H17F2N. The van der Waals surface area contributed by atoms with Crippen LogP contribution in [0.1, 0.15) is 27.7 Å². The Morgan fingerprint density at radius 3 is 1.80 bits per heavy atom. The molecule has 0 heterocycles. The first-order valence-electron chi connectivity index (χ1n) is 3.65. The highest BCUT2D eigenvalue weighted by molar-refractivity contribution is 4.59. The van der Waals surface area contributed by atoms with Crippen LogP contribution < -0.4 is 5.32 Å². The molecule has 1 nitrogen and oxygen atoms in total. The fourth-order valence-corrected chi connectivity index (χ4v) is 0.344. The van der Waals surface area contributed by atoms with Crippen molar-refractivity contribution in [2.24, 2.45) is 0 Å². The molecule has 10 heavy (non-hydrogen) atoms. The van der Waals surface area contributed by atoms with E-state index in [1.807, 2.05) is 13.8 Å². The second-order valence-corrected chi connectivity index (χ2v) is 1.85. The van der Waals surface area contributed by atoms with Gasteiger partial charge in [0.1, 0.15) is 0 Å². The van der Waals surface area contributed by atoms with Crippen LogP contribution >= 0.6 is 0 Å². The van der Waals surface area contributed by atoms with Crippen LogP contribution in [-0.2, 0) is 0 Å².